The summed E-state index contributed by atoms with van der Waals surface area (Å²) >= 11 is 0. The van der Waals surface area contributed by atoms with Crippen LogP contribution in [-0.4, -0.2) is 54.4 Å². The summed E-state index contributed by atoms with van der Waals surface area (Å²) in [4.78, 5) is 28.2. The number of nitrogens with zero attached hydrogens (tertiary/aromatic N) is 1. The number of aliphatic hydroxyl groups is 1. The predicted octanol–water partition coefficient (Wildman–Crippen LogP) is 1.40. The first-order chi connectivity index (χ1) is 12.2. The van der Waals surface area contributed by atoms with E-state index in [-0.39, 0.29) is 24.2 Å². The highest BCUT2D eigenvalue weighted by atomic mass is 16.3. The Bertz CT molecular complexity index is 845. The molecular formula is C20H20N2O3. The topological polar surface area (TPSA) is 69.6 Å². The molecule has 25 heavy (non-hydrogen) atoms. The highest BCUT2D eigenvalue weighted by Gasteiger charge is 2.34. The van der Waals surface area contributed by atoms with E-state index in [0.29, 0.717) is 35.3 Å². The fraction of sp³-hybridized carbons (Fsp3) is 0.300. The SMILES string of the molecule is O=C1c2ccccc2C(=O)c2c1cccc2C1CNCCN1CCO. The smallest absolute Gasteiger partial charge is 0.194 e. The molecule has 2 aromatic carbocycles. The number of carbonyl (C=O) groups is 2. The summed E-state index contributed by atoms with van der Waals surface area (Å²) in [6.07, 6.45) is 0. The van der Waals surface area contributed by atoms with E-state index in [4.69, 9.17) is 0 Å². The van der Waals surface area contributed by atoms with E-state index in [0.717, 1.165) is 18.7 Å². The largest absolute Gasteiger partial charge is 0.395 e. The summed E-state index contributed by atoms with van der Waals surface area (Å²) in [5.41, 5.74) is 2.82. The van der Waals surface area contributed by atoms with Gasteiger partial charge in [0.15, 0.2) is 11.6 Å². The molecule has 1 fully saturated rings. The van der Waals surface area contributed by atoms with Crippen molar-refractivity contribution in [2.24, 2.45) is 0 Å². The van der Waals surface area contributed by atoms with Gasteiger partial charge in [-0.1, -0.05) is 42.5 Å². The standard InChI is InChI=1S/C20H20N2O3/c23-11-10-22-9-8-21-12-17(22)15-6-3-7-16-18(15)20(25)14-5-2-1-4-13(14)19(16)24/h1-7,17,21,23H,8-12H2. The molecule has 0 aromatic heterocycles. The predicted molar refractivity (Wildman–Crippen MR) is 94.0 cm³/mol. The van der Waals surface area contributed by atoms with Crippen LogP contribution < -0.4 is 5.32 Å². The molecule has 0 bridgehead atoms. The van der Waals surface area contributed by atoms with Crippen LogP contribution in [0.1, 0.15) is 43.4 Å². The number of hydrogen-bond acceptors (Lipinski definition) is 5. The Kier molecular flexibility index (Phi) is 4.21. The molecule has 5 heteroatoms. The molecule has 1 atom stereocenters. The van der Waals surface area contributed by atoms with Gasteiger partial charge in [0.05, 0.1) is 6.61 Å². The Morgan fingerprint density at radius 2 is 1.72 bits per heavy atom. The van der Waals surface area contributed by atoms with E-state index >= 15 is 0 Å². The van der Waals surface area contributed by atoms with Gasteiger partial charge in [-0.05, 0) is 5.56 Å². The fourth-order valence-electron chi connectivity index (χ4n) is 3.90. The summed E-state index contributed by atoms with van der Waals surface area (Å²) in [7, 11) is 0. The molecule has 128 valence electrons. The zero-order valence-corrected chi connectivity index (χ0v) is 13.9. The van der Waals surface area contributed by atoms with Crippen molar-refractivity contribution in [3.8, 4) is 0 Å². The van der Waals surface area contributed by atoms with Crippen LogP contribution in [-0.2, 0) is 0 Å². The van der Waals surface area contributed by atoms with E-state index < -0.39 is 0 Å². The van der Waals surface area contributed by atoms with Gasteiger partial charge in [0, 0.05) is 54.5 Å². The highest BCUT2D eigenvalue weighted by molar-refractivity contribution is 6.28. The first-order valence-electron chi connectivity index (χ1n) is 8.59. The third-order valence-electron chi connectivity index (χ3n) is 5.09. The molecule has 1 unspecified atom stereocenters. The number of ketones is 2. The second-order valence-electron chi connectivity index (χ2n) is 6.45. The van der Waals surface area contributed by atoms with Gasteiger partial charge in [-0.2, -0.15) is 0 Å². The lowest BCUT2D eigenvalue weighted by molar-refractivity contribution is 0.0970. The summed E-state index contributed by atoms with van der Waals surface area (Å²) in [6.45, 7) is 2.96. The van der Waals surface area contributed by atoms with E-state index in [9.17, 15) is 14.7 Å². The van der Waals surface area contributed by atoms with E-state index in [1.54, 1.807) is 30.3 Å². The van der Waals surface area contributed by atoms with Crippen molar-refractivity contribution < 1.29 is 14.7 Å². The number of hydrogen-bond donors (Lipinski definition) is 2. The van der Waals surface area contributed by atoms with Gasteiger partial charge in [-0.25, -0.2) is 0 Å². The Labute approximate surface area is 146 Å². The highest BCUT2D eigenvalue weighted by Crippen LogP contribution is 2.34. The van der Waals surface area contributed by atoms with E-state index in [2.05, 4.69) is 10.2 Å². The fourth-order valence-corrected chi connectivity index (χ4v) is 3.90. The first kappa shape index (κ1) is 16.1. The van der Waals surface area contributed by atoms with Gasteiger partial charge in [-0.3, -0.25) is 14.5 Å². The molecule has 0 saturated carbocycles. The van der Waals surface area contributed by atoms with Crippen LogP contribution in [0, 0.1) is 0 Å². The van der Waals surface area contributed by atoms with Crippen molar-refractivity contribution in [2.45, 2.75) is 6.04 Å². The molecule has 1 aliphatic carbocycles. The van der Waals surface area contributed by atoms with Gasteiger partial charge < -0.3 is 10.4 Å². The van der Waals surface area contributed by atoms with Crippen LogP contribution in [0.3, 0.4) is 0 Å². The molecule has 5 nitrogen and oxygen atoms in total. The molecule has 2 N–H and O–H groups in total. The van der Waals surface area contributed by atoms with Crippen molar-refractivity contribution in [3.05, 3.63) is 70.3 Å². The van der Waals surface area contributed by atoms with Gasteiger partial charge in [0.25, 0.3) is 0 Å². The number of carbonyl (C=O) groups excluding carboxylic acids is 2. The van der Waals surface area contributed by atoms with Crippen LogP contribution in [0.4, 0.5) is 0 Å². The third-order valence-corrected chi connectivity index (χ3v) is 5.09. The number of aliphatic hydroxyl groups excluding tert-OH is 1. The number of β-amino-alcohol motifs (C(OH)–C–C–N with tert-alkyl or cyclic N) is 1. The summed E-state index contributed by atoms with van der Waals surface area (Å²) < 4.78 is 0. The minimum atomic E-state index is -0.0930. The number of piperazine rings is 1. The summed E-state index contributed by atoms with van der Waals surface area (Å²) in [6, 6.07) is 12.5. The van der Waals surface area contributed by atoms with E-state index in [1.807, 2.05) is 12.1 Å². The van der Waals surface area contributed by atoms with Crippen LogP contribution in [0.15, 0.2) is 42.5 Å². The Balaban J connectivity index is 1.85. The minimum Gasteiger partial charge on any atom is -0.395 e. The zero-order chi connectivity index (χ0) is 17.4. The molecule has 0 radical (unpaired) electrons. The van der Waals surface area contributed by atoms with Crippen molar-refractivity contribution in [1.29, 1.82) is 0 Å². The lowest BCUT2D eigenvalue weighted by atomic mass is 9.80. The lowest BCUT2D eigenvalue weighted by Crippen LogP contribution is -2.47. The zero-order valence-electron chi connectivity index (χ0n) is 13.9. The van der Waals surface area contributed by atoms with Gasteiger partial charge in [0.1, 0.15) is 0 Å². The second kappa shape index (κ2) is 6.52. The Morgan fingerprint density at radius 3 is 2.48 bits per heavy atom. The van der Waals surface area contributed by atoms with Crippen LogP contribution in [0.25, 0.3) is 0 Å². The number of nitrogens with one attached hydrogen (secondary N) is 1. The molecule has 0 amide bonds. The molecule has 2 aromatic rings. The average Bonchev–Trinajstić information content (AvgIpc) is 2.66. The van der Waals surface area contributed by atoms with Crippen molar-refractivity contribution >= 4 is 11.6 Å². The van der Waals surface area contributed by atoms with E-state index in [1.165, 1.54) is 0 Å². The Hall–Kier alpha value is -2.34. The van der Waals surface area contributed by atoms with Gasteiger partial charge in [0.2, 0.25) is 0 Å². The van der Waals surface area contributed by atoms with Gasteiger partial charge >= 0.3 is 0 Å². The molecule has 1 saturated heterocycles. The maximum Gasteiger partial charge on any atom is 0.194 e. The maximum absolute atomic E-state index is 13.1. The molecule has 2 aliphatic rings. The number of fused-ring (bicyclic) bond motifs is 2. The number of rotatable bonds is 3. The Morgan fingerprint density at radius 1 is 1.00 bits per heavy atom. The van der Waals surface area contributed by atoms with Crippen LogP contribution >= 0.6 is 0 Å². The molecule has 1 aliphatic heterocycles. The maximum atomic E-state index is 13.1. The third kappa shape index (κ3) is 2.61. The minimum absolute atomic E-state index is 0.0298. The normalized spacial score (nSPS) is 20.3. The lowest BCUT2D eigenvalue weighted by Gasteiger charge is -2.37. The quantitative estimate of drug-likeness (QED) is 0.757. The average molecular weight is 336 g/mol. The van der Waals surface area contributed by atoms with Crippen molar-refractivity contribution in [2.75, 3.05) is 32.8 Å². The molecule has 1 heterocycles. The van der Waals surface area contributed by atoms with Crippen molar-refractivity contribution in [3.63, 3.8) is 0 Å². The van der Waals surface area contributed by atoms with Crippen LogP contribution in [0.5, 0.6) is 0 Å². The molecular weight excluding hydrogens is 316 g/mol. The monoisotopic (exact) mass is 336 g/mol. The van der Waals surface area contributed by atoms with Crippen LogP contribution in [0.2, 0.25) is 0 Å². The number of benzene rings is 2. The molecule has 4 rings (SSSR count). The van der Waals surface area contributed by atoms with Crippen molar-refractivity contribution in [1.82, 2.24) is 10.2 Å². The second-order valence-corrected chi connectivity index (χ2v) is 6.45. The summed E-state index contributed by atoms with van der Waals surface area (Å²) in [5.74, 6) is -0.181. The summed E-state index contributed by atoms with van der Waals surface area (Å²) in [5, 5.41) is 12.7. The van der Waals surface area contributed by atoms with Gasteiger partial charge in [-0.15, -0.1) is 0 Å². The first-order valence-corrected chi connectivity index (χ1v) is 8.59. The molecule has 0 spiro atoms.